The molecule has 2 amide bonds. The van der Waals surface area contributed by atoms with Gasteiger partial charge in [0, 0.05) is 19.6 Å². The summed E-state index contributed by atoms with van der Waals surface area (Å²) < 4.78 is 39.3. The van der Waals surface area contributed by atoms with Crippen LogP contribution in [-0.4, -0.2) is 65.1 Å². The third-order valence-electron chi connectivity index (χ3n) is 4.96. The highest BCUT2D eigenvalue weighted by Gasteiger charge is 2.25. The van der Waals surface area contributed by atoms with Crippen LogP contribution in [0.1, 0.15) is 34.1 Å². The lowest BCUT2D eigenvalue weighted by molar-refractivity contribution is 0.0300. The van der Waals surface area contributed by atoms with Gasteiger partial charge < -0.3 is 19.7 Å². The van der Waals surface area contributed by atoms with Gasteiger partial charge in [-0.1, -0.05) is 19.1 Å². The average molecular weight is 462 g/mol. The smallest absolute Gasteiger partial charge is 0.261 e. The number of carbonyl (C=O) groups excluding carboxylic acids is 2. The van der Waals surface area contributed by atoms with Gasteiger partial charge in [0.1, 0.15) is 5.75 Å². The van der Waals surface area contributed by atoms with E-state index in [4.69, 9.17) is 9.47 Å². The highest BCUT2D eigenvalue weighted by Crippen LogP contribution is 2.26. The van der Waals surface area contributed by atoms with Crippen molar-refractivity contribution >= 4 is 27.5 Å². The van der Waals surface area contributed by atoms with E-state index in [1.807, 2.05) is 6.92 Å². The second-order valence-electron chi connectivity index (χ2n) is 7.17. The van der Waals surface area contributed by atoms with Gasteiger partial charge in [-0.25, -0.2) is 8.42 Å². The number of amides is 2. The first-order valence-electron chi connectivity index (χ1n) is 10.3. The summed E-state index contributed by atoms with van der Waals surface area (Å²) in [6.45, 7) is 4.07. The number of carbonyl (C=O) groups is 2. The molecule has 0 saturated carbocycles. The Morgan fingerprint density at radius 2 is 1.81 bits per heavy atom. The van der Waals surface area contributed by atoms with Crippen molar-refractivity contribution in [2.75, 3.05) is 44.7 Å². The summed E-state index contributed by atoms with van der Waals surface area (Å²) in [5.41, 5.74) is 0.506. The molecule has 0 atom stereocenters. The summed E-state index contributed by atoms with van der Waals surface area (Å²) in [7, 11) is -2.66. The number of anilines is 1. The maximum atomic E-state index is 13.1. The number of para-hydroxylation sites is 1. The Morgan fingerprint density at radius 3 is 2.50 bits per heavy atom. The van der Waals surface area contributed by atoms with Crippen LogP contribution in [0.25, 0.3) is 0 Å². The van der Waals surface area contributed by atoms with Crippen LogP contribution in [0.3, 0.4) is 0 Å². The number of hydrogen-bond acceptors (Lipinski definition) is 6. The molecule has 1 heterocycles. The third kappa shape index (κ3) is 5.38. The van der Waals surface area contributed by atoms with Gasteiger partial charge in [0.15, 0.2) is 0 Å². The minimum absolute atomic E-state index is 0.112. The number of methoxy groups -OCH3 is 1. The topological polar surface area (TPSA) is 114 Å². The quantitative estimate of drug-likeness (QED) is 0.622. The predicted molar refractivity (Wildman–Crippen MR) is 120 cm³/mol. The van der Waals surface area contributed by atoms with E-state index in [-0.39, 0.29) is 39.3 Å². The number of nitrogens with zero attached hydrogens (tertiary/aromatic N) is 1. The lowest BCUT2D eigenvalue weighted by Crippen LogP contribution is -2.40. The Bertz CT molecular complexity index is 1080. The van der Waals surface area contributed by atoms with E-state index < -0.39 is 10.0 Å². The van der Waals surface area contributed by atoms with Gasteiger partial charge in [0.2, 0.25) is 0 Å². The van der Waals surface area contributed by atoms with Gasteiger partial charge in [-0.2, -0.15) is 0 Å². The van der Waals surface area contributed by atoms with E-state index in [0.717, 1.165) is 6.42 Å². The van der Waals surface area contributed by atoms with Crippen LogP contribution in [-0.2, 0) is 14.8 Å². The monoisotopic (exact) mass is 461 g/mol. The third-order valence-corrected chi connectivity index (χ3v) is 6.32. The van der Waals surface area contributed by atoms with Crippen LogP contribution in [0, 0.1) is 0 Å². The van der Waals surface area contributed by atoms with E-state index in [1.54, 1.807) is 23.1 Å². The second kappa shape index (κ2) is 10.5. The van der Waals surface area contributed by atoms with Crippen molar-refractivity contribution in [3.8, 4) is 5.75 Å². The van der Waals surface area contributed by atoms with Gasteiger partial charge in [0.05, 0.1) is 42.0 Å². The highest BCUT2D eigenvalue weighted by molar-refractivity contribution is 7.92. The van der Waals surface area contributed by atoms with Crippen LogP contribution in [0.15, 0.2) is 47.4 Å². The van der Waals surface area contributed by atoms with E-state index in [1.165, 1.54) is 31.4 Å². The minimum atomic E-state index is -4.08. The molecule has 9 nitrogen and oxygen atoms in total. The van der Waals surface area contributed by atoms with Gasteiger partial charge in [-0.15, -0.1) is 0 Å². The molecule has 32 heavy (non-hydrogen) atoms. The first-order valence-corrected chi connectivity index (χ1v) is 11.8. The summed E-state index contributed by atoms with van der Waals surface area (Å²) in [6.07, 6.45) is 0.755. The van der Waals surface area contributed by atoms with Gasteiger partial charge >= 0.3 is 0 Å². The molecular weight excluding hydrogens is 434 g/mol. The van der Waals surface area contributed by atoms with E-state index in [0.29, 0.717) is 32.8 Å². The molecule has 1 fully saturated rings. The van der Waals surface area contributed by atoms with Crippen molar-refractivity contribution in [3.63, 3.8) is 0 Å². The fraction of sp³-hybridized carbons (Fsp3) is 0.364. The zero-order valence-electron chi connectivity index (χ0n) is 18.1. The lowest BCUT2D eigenvalue weighted by Gasteiger charge is -2.27. The Hall–Kier alpha value is -3.11. The molecule has 2 N–H and O–H groups in total. The second-order valence-corrected chi connectivity index (χ2v) is 8.86. The number of morpholine rings is 1. The molecule has 1 saturated heterocycles. The SMILES string of the molecule is CCCNC(=O)c1ccccc1NS(=O)(=O)c1ccc(OC)c(C(=O)N2CCOCC2)c1. The number of sulfonamides is 1. The number of nitrogens with one attached hydrogen (secondary N) is 2. The summed E-state index contributed by atoms with van der Waals surface area (Å²) in [5, 5.41) is 2.74. The fourth-order valence-electron chi connectivity index (χ4n) is 3.27. The molecule has 172 valence electrons. The molecule has 0 aliphatic carbocycles. The molecule has 1 aliphatic rings. The van der Waals surface area contributed by atoms with Gasteiger partial charge in [0.25, 0.3) is 21.8 Å². The molecule has 1 aliphatic heterocycles. The zero-order chi connectivity index (χ0) is 23.1. The molecular formula is C22H27N3O6S. The number of benzene rings is 2. The normalized spacial score (nSPS) is 14.0. The van der Waals surface area contributed by atoms with Crippen molar-refractivity contribution in [1.82, 2.24) is 10.2 Å². The average Bonchev–Trinajstić information content (AvgIpc) is 2.82. The number of rotatable bonds is 8. The largest absolute Gasteiger partial charge is 0.496 e. The lowest BCUT2D eigenvalue weighted by atomic mass is 10.1. The molecule has 0 spiro atoms. The molecule has 10 heteroatoms. The molecule has 3 rings (SSSR count). The predicted octanol–water partition coefficient (Wildman–Crippen LogP) is 2.11. The maximum Gasteiger partial charge on any atom is 0.261 e. The fourth-order valence-corrected chi connectivity index (χ4v) is 4.37. The highest BCUT2D eigenvalue weighted by atomic mass is 32.2. The Morgan fingerprint density at radius 1 is 1.09 bits per heavy atom. The molecule has 0 radical (unpaired) electrons. The van der Waals surface area contributed by atoms with Gasteiger partial charge in [-0.3, -0.25) is 14.3 Å². The summed E-state index contributed by atoms with van der Waals surface area (Å²) >= 11 is 0. The van der Waals surface area contributed by atoms with Crippen LogP contribution in [0.4, 0.5) is 5.69 Å². The van der Waals surface area contributed by atoms with Crippen LogP contribution < -0.4 is 14.8 Å². The maximum absolute atomic E-state index is 13.1. The molecule has 2 aromatic rings. The van der Waals surface area contributed by atoms with Crippen molar-refractivity contribution in [2.45, 2.75) is 18.2 Å². The van der Waals surface area contributed by atoms with Crippen molar-refractivity contribution in [1.29, 1.82) is 0 Å². The number of hydrogen-bond donors (Lipinski definition) is 2. The molecule has 2 aromatic carbocycles. The molecule has 0 bridgehead atoms. The van der Waals surface area contributed by atoms with E-state index in [2.05, 4.69) is 10.0 Å². The summed E-state index contributed by atoms with van der Waals surface area (Å²) in [6, 6.07) is 10.4. The summed E-state index contributed by atoms with van der Waals surface area (Å²) in [5.74, 6) is -0.426. The number of ether oxygens (including phenoxy) is 2. The molecule has 0 unspecified atom stereocenters. The van der Waals surface area contributed by atoms with Crippen molar-refractivity contribution in [2.24, 2.45) is 0 Å². The van der Waals surface area contributed by atoms with Gasteiger partial charge in [-0.05, 0) is 36.8 Å². The first kappa shape index (κ1) is 23.6. The molecule has 0 aromatic heterocycles. The standard InChI is InChI=1S/C22H27N3O6S/c1-3-10-23-21(26)17-6-4-5-7-19(17)24-32(28,29)16-8-9-20(30-2)18(15-16)22(27)25-11-13-31-14-12-25/h4-9,15,24H,3,10-14H2,1-2H3,(H,23,26). The Labute approximate surface area is 187 Å². The Kier molecular flexibility index (Phi) is 7.70. The van der Waals surface area contributed by atoms with Crippen molar-refractivity contribution < 1.29 is 27.5 Å². The first-order chi connectivity index (χ1) is 15.4. The minimum Gasteiger partial charge on any atom is -0.496 e. The zero-order valence-corrected chi connectivity index (χ0v) is 18.9. The van der Waals surface area contributed by atoms with Crippen LogP contribution >= 0.6 is 0 Å². The summed E-state index contributed by atoms with van der Waals surface area (Å²) in [4.78, 5) is 26.9. The Balaban J connectivity index is 1.91. The van der Waals surface area contributed by atoms with Crippen molar-refractivity contribution in [3.05, 3.63) is 53.6 Å². The van der Waals surface area contributed by atoms with Crippen LogP contribution in [0.2, 0.25) is 0 Å². The van der Waals surface area contributed by atoms with E-state index in [9.17, 15) is 18.0 Å². The van der Waals surface area contributed by atoms with Crippen LogP contribution in [0.5, 0.6) is 5.75 Å². The van der Waals surface area contributed by atoms with E-state index >= 15 is 0 Å².